The number of thiocarbonyl (C=S) groups is 1. The summed E-state index contributed by atoms with van der Waals surface area (Å²) in [5.41, 5.74) is 4.12. The monoisotopic (exact) mass is 433 g/mol. The van der Waals surface area contributed by atoms with Gasteiger partial charge in [-0.05, 0) is 60.6 Å². The maximum absolute atomic E-state index is 5.59. The number of ether oxygens (including phenoxy) is 1. The molecule has 0 saturated carbocycles. The van der Waals surface area contributed by atoms with Crippen molar-refractivity contribution in [1.82, 2.24) is 9.97 Å². The van der Waals surface area contributed by atoms with Crippen molar-refractivity contribution in [3.8, 4) is 0 Å². The van der Waals surface area contributed by atoms with Crippen molar-refractivity contribution in [1.29, 1.82) is 0 Å². The largest absolute Gasteiger partial charge is 0.376 e. The van der Waals surface area contributed by atoms with E-state index in [9.17, 15) is 0 Å². The molecule has 0 radical (unpaired) electrons. The first-order valence-electron chi connectivity index (χ1n) is 9.59. The van der Waals surface area contributed by atoms with Gasteiger partial charge in [-0.2, -0.15) is 0 Å². The van der Waals surface area contributed by atoms with Gasteiger partial charge >= 0.3 is 0 Å². The zero-order valence-electron chi connectivity index (χ0n) is 16.0. The predicted octanol–water partition coefficient (Wildman–Crippen LogP) is 5.32. The molecule has 5 rings (SSSR count). The minimum absolute atomic E-state index is 0.548. The normalized spacial score (nSPS) is 12.9. The van der Waals surface area contributed by atoms with Crippen LogP contribution in [0.1, 0.15) is 10.4 Å². The van der Waals surface area contributed by atoms with Gasteiger partial charge in [-0.25, -0.2) is 9.97 Å². The molecular formula is C22H19N5OS2. The van der Waals surface area contributed by atoms with Gasteiger partial charge in [0.05, 0.1) is 18.6 Å². The average molecular weight is 434 g/mol. The summed E-state index contributed by atoms with van der Waals surface area (Å²) in [6.07, 6.45) is 2.50. The van der Waals surface area contributed by atoms with Gasteiger partial charge in [0, 0.05) is 21.9 Å². The zero-order chi connectivity index (χ0) is 20.3. The highest BCUT2D eigenvalue weighted by atomic mass is 32.1. The summed E-state index contributed by atoms with van der Waals surface area (Å²) in [5, 5.41) is 11.5. The molecule has 6 nitrogen and oxygen atoms in total. The lowest BCUT2D eigenvalue weighted by atomic mass is 10.1. The number of nitrogens with one attached hydrogen (secondary N) is 3. The van der Waals surface area contributed by atoms with Crippen molar-refractivity contribution < 1.29 is 4.74 Å². The molecule has 3 heterocycles. The summed E-state index contributed by atoms with van der Waals surface area (Å²) in [6.45, 7) is 1.40. The second-order valence-electron chi connectivity index (χ2n) is 6.86. The molecule has 4 aromatic rings. The lowest BCUT2D eigenvalue weighted by Crippen LogP contribution is -2.18. The Hall–Kier alpha value is -3.07. The molecule has 8 heteroatoms. The standard InChI is InChI=1S/C22H19N5OS2/c29-22(26-14-4-2-1-3-5-14)27-16-8-6-15(7-9-16)25-20-19-17-10-11-28-12-18(17)30-21(19)24-13-23-20/h1-9,13H,10-12H2,(H,23,24,25)(H2,26,27,29). The topological polar surface area (TPSA) is 71.1 Å². The van der Waals surface area contributed by atoms with Crippen LogP contribution in [-0.2, 0) is 17.8 Å². The Bertz CT molecular complexity index is 1190. The van der Waals surface area contributed by atoms with Crippen LogP contribution in [0.25, 0.3) is 10.2 Å². The molecule has 2 aromatic heterocycles. The van der Waals surface area contributed by atoms with Crippen LogP contribution in [0.15, 0.2) is 60.9 Å². The van der Waals surface area contributed by atoms with E-state index >= 15 is 0 Å². The number of thiophene rings is 1. The van der Waals surface area contributed by atoms with E-state index in [2.05, 4.69) is 25.9 Å². The number of hydrogen-bond donors (Lipinski definition) is 3. The van der Waals surface area contributed by atoms with Crippen LogP contribution in [0, 0.1) is 0 Å². The molecular weight excluding hydrogens is 414 g/mol. The summed E-state index contributed by atoms with van der Waals surface area (Å²) in [7, 11) is 0. The van der Waals surface area contributed by atoms with Crippen LogP contribution in [0.5, 0.6) is 0 Å². The molecule has 0 atom stereocenters. The maximum atomic E-state index is 5.59. The van der Waals surface area contributed by atoms with Gasteiger partial charge in [0.15, 0.2) is 5.11 Å². The molecule has 3 N–H and O–H groups in total. The molecule has 1 aliphatic rings. The van der Waals surface area contributed by atoms with E-state index in [1.807, 2.05) is 54.6 Å². The van der Waals surface area contributed by atoms with Gasteiger partial charge in [0.2, 0.25) is 0 Å². The Morgan fingerprint density at radius 1 is 0.933 bits per heavy atom. The molecule has 150 valence electrons. The summed E-state index contributed by atoms with van der Waals surface area (Å²) in [6, 6.07) is 17.8. The molecule has 0 fully saturated rings. The molecule has 1 aliphatic heterocycles. The van der Waals surface area contributed by atoms with Gasteiger partial charge in [-0.1, -0.05) is 18.2 Å². The number of anilines is 4. The Balaban J connectivity index is 1.31. The Kier molecular flexibility index (Phi) is 5.27. The van der Waals surface area contributed by atoms with Crippen molar-refractivity contribution in [2.24, 2.45) is 0 Å². The van der Waals surface area contributed by atoms with E-state index in [-0.39, 0.29) is 0 Å². The van der Waals surface area contributed by atoms with Gasteiger partial charge in [-0.15, -0.1) is 11.3 Å². The first-order valence-corrected chi connectivity index (χ1v) is 10.8. The van der Waals surface area contributed by atoms with E-state index in [4.69, 9.17) is 17.0 Å². The van der Waals surface area contributed by atoms with E-state index in [0.29, 0.717) is 11.7 Å². The van der Waals surface area contributed by atoms with Crippen molar-refractivity contribution in [3.63, 3.8) is 0 Å². The summed E-state index contributed by atoms with van der Waals surface area (Å²) < 4.78 is 5.59. The van der Waals surface area contributed by atoms with Crippen LogP contribution in [0.3, 0.4) is 0 Å². The number of rotatable bonds is 4. The molecule has 30 heavy (non-hydrogen) atoms. The van der Waals surface area contributed by atoms with E-state index in [1.54, 1.807) is 17.7 Å². The summed E-state index contributed by atoms with van der Waals surface area (Å²) in [4.78, 5) is 11.2. The highest BCUT2D eigenvalue weighted by molar-refractivity contribution is 7.80. The van der Waals surface area contributed by atoms with E-state index in [0.717, 1.165) is 46.1 Å². The molecule has 0 unspecified atom stereocenters. The number of nitrogens with zero attached hydrogens (tertiary/aromatic N) is 2. The molecule has 2 aromatic carbocycles. The minimum atomic E-state index is 0.548. The lowest BCUT2D eigenvalue weighted by molar-refractivity contribution is 0.114. The zero-order valence-corrected chi connectivity index (χ0v) is 17.6. The van der Waals surface area contributed by atoms with Crippen molar-refractivity contribution in [2.45, 2.75) is 13.0 Å². The van der Waals surface area contributed by atoms with E-state index in [1.165, 1.54) is 10.4 Å². The first-order chi connectivity index (χ1) is 14.8. The highest BCUT2D eigenvalue weighted by Crippen LogP contribution is 2.37. The molecule has 0 amide bonds. The average Bonchev–Trinajstić information content (AvgIpc) is 3.15. The third-order valence-corrected chi connectivity index (χ3v) is 6.16. The first kappa shape index (κ1) is 18.9. The molecule has 0 spiro atoms. The predicted molar refractivity (Wildman–Crippen MR) is 127 cm³/mol. The van der Waals surface area contributed by atoms with Crippen LogP contribution in [0.4, 0.5) is 22.9 Å². The van der Waals surface area contributed by atoms with Crippen LogP contribution in [0.2, 0.25) is 0 Å². The third kappa shape index (κ3) is 3.97. The molecule has 0 aliphatic carbocycles. The van der Waals surface area contributed by atoms with Gasteiger partial charge in [-0.3, -0.25) is 0 Å². The van der Waals surface area contributed by atoms with Crippen molar-refractivity contribution >= 4 is 61.8 Å². The Morgan fingerprint density at radius 3 is 2.47 bits per heavy atom. The minimum Gasteiger partial charge on any atom is -0.376 e. The second-order valence-corrected chi connectivity index (χ2v) is 8.35. The van der Waals surface area contributed by atoms with Crippen molar-refractivity contribution in [2.75, 3.05) is 22.6 Å². The fraction of sp³-hybridized carbons (Fsp3) is 0.136. The fourth-order valence-corrected chi connectivity index (χ4v) is 4.80. The summed E-state index contributed by atoms with van der Waals surface area (Å²) in [5.74, 6) is 0.835. The number of fused-ring (bicyclic) bond motifs is 3. The van der Waals surface area contributed by atoms with Crippen molar-refractivity contribution in [3.05, 3.63) is 71.4 Å². The number of hydrogen-bond acceptors (Lipinski definition) is 6. The van der Waals surface area contributed by atoms with Crippen LogP contribution >= 0.6 is 23.6 Å². The van der Waals surface area contributed by atoms with Crippen LogP contribution in [-0.4, -0.2) is 21.7 Å². The second kappa shape index (κ2) is 8.35. The SMILES string of the molecule is S=C(Nc1ccccc1)Nc1ccc(Nc2ncnc3sc4c(c23)CCOC4)cc1. The number of para-hydroxylation sites is 1. The van der Waals surface area contributed by atoms with Gasteiger partial charge < -0.3 is 20.7 Å². The smallest absolute Gasteiger partial charge is 0.175 e. The highest BCUT2D eigenvalue weighted by Gasteiger charge is 2.20. The lowest BCUT2D eigenvalue weighted by Gasteiger charge is -2.14. The van der Waals surface area contributed by atoms with Crippen LogP contribution < -0.4 is 16.0 Å². The van der Waals surface area contributed by atoms with Gasteiger partial charge in [0.25, 0.3) is 0 Å². The molecule has 0 bridgehead atoms. The Labute approximate surface area is 183 Å². The Morgan fingerprint density at radius 2 is 1.67 bits per heavy atom. The maximum Gasteiger partial charge on any atom is 0.175 e. The quantitative estimate of drug-likeness (QED) is 0.376. The summed E-state index contributed by atoms with van der Waals surface area (Å²) >= 11 is 7.08. The molecule has 0 saturated heterocycles. The third-order valence-electron chi connectivity index (χ3n) is 4.84. The van der Waals surface area contributed by atoms with E-state index < -0.39 is 0 Å². The number of aromatic nitrogens is 2. The number of benzene rings is 2. The fourth-order valence-electron chi connectivity index (χ4n) is 3.44. The van der Waals surface area contributed by atoms with Gasteiger partial charge in [0.1, 0.15) is 17.0 Å².